The molecule has 0 fully saturated rings. The Morgan fingerprint density at radius 2 is 0.806 bits per heavy atom. The van der Waals surface area contributed by atoms with Crippen LogP contribution in [0, 0.1) is 11.8 Å². The number of carboxylic acids is 1. The number of ether oxygens (including phenoxy) is 4. The monoisotopic (exact) mass is 849 g/mol. The fourth-order valence-electron chi connectivity index (χ4n) is 7.56. The normalized spacial score (nSPS) is 13.5. The number of Topliss-reactive ketones (excluding diaryl/α,β-unsaturated/α-hetero) is 1. The predicted octanol–water partition coefficient (Wildman–Crippen LogP) is 8.41. The van der Waals surface area contributed by atoms with Crippen LogP contribution in [0.4, 0.5) is 0 Å². The number of carboxylic acid groups (broad SMARTS) is 1. The van der Waals surface area contributed by atoms with E-state index in [0.717, 1.165) is 44.5 Å². The van der Waals surface area contributed by atoms with Crippen LogP contribution in [0.3, 0.4) is 0 Å². The zero-order chi connectivity index (χ0) is 45.8. The number of benzene rings is 4. The van der Waals surface area contributed by atoms with Crippen molar-refractivity contribution < 1.29 is 52.8 Å². The maximum Gasteiger partial charge on any atom is 0.310 e. The molecule has 2 atom stereocenters. The smallest absolute Gasteiger partial charge is 0.310 e. The van der Waals surface area contributed by atoms with Gasteiger partial charge in [0.05, 0.1) is 31.1 Å². The SMILES string of the molecule is CC(=O)CC(CC(=O)OCC1c2ccccc2-c2ccccc21)C(=O)OC(C)(C)C.CC(C)(C)OC(=O)C(CC(=O)O)CC(=O)OCC1c2ccccc2-c2ccccc21.CN. The molecule has 0 saturated heterocycles. The number of nitrogens with two attached hydrogens (primary N) is 1. The highest BCUT2D eigenvalue weighted by Crippen LogP contribution is 2.46. The van der Waals surface area contributed by atoms with E-state index in [2.05, 4.69) is 17.9 Å². The Morgan fingerprint density at radius 3 is 1.08 bits per heavy atom. The van der Waals surface area contributed by atoms with E-state index < -0.39 is 59.3 Å². The van der Waals surface area contributed by atoms with Crippen molar-refractivity contribution in [1.29, 1.82) is 0 Å². The van der Waals surface area contributed by atoms with Crippen LogP contribution in [0.15, 0.2) is 97.1 Å². The fraction of sp³-hybridized carbons (Fsp3) is 0.400. The minimum atomic E-state index is -1.17. The Balaban J connectivity index is 0.000000262. The largest absolute Gasteiger partial charge is 0.481 e. The molecular weight excluding hydrogens is 791 g/mol. The zero-order valence-corrected chi connectivity index (χ0v) is 36.9. The van der Waals surface area contributed by atoms with Crippen LogP contribution in [-0.2, 0) is 47.7 Å². The lowest BCUT2D eigenvalue weighted by Crippen LogP contribution is -2.31. The van der Waals surface area contributed by atoms with Crippen LogP contribution in [-0.4, -0.2) is 72.2 Å². The molecule has 3 N–H and O–H groups in total. The van der Waals surface area contributed by atoms with Crippen molar-refractivity contribution in [2.45, 2.75) is 97.2 Å². The standard InChI is InChI=1S/C25H28O5.C24H26O6.CH5N/c1-16(26)13-17(24(28)30-25(2,3)4)14-23(27)29-15-22-20-11-7-5-9-18(20)19-10-6-8-12-21(19)22;1-24(2,3)30-23(28)15(12-21(25)26)13-22(27)29-14-20-18-10-6-4-8-16(18)17-9-5-7-11-19(17)20;1-2/h5-12,17,22H,13-15H2,1-4H3;4-11,15,20H,12-14H2,1-3H3,(H,25,26);2H2,1H3. The third-order valence-electron chi connectivity index (χ3n) is 10.0. The molecule has 0 aromatic heterocycles. The Kier molecular flexibility index (Phi) is 16.9. The average Bonchev–Trinajstić information content (AvgIpc) is 3.70. The summed E-state index contributed by atoms with van der Waals surface area (Å²) in [5.41, 5.74) is 12.0. The third-order valence-corrected chi connectivity index (χ3v) is 10.0. The maximum absolute atomic E-state index is 12.5. The van der Waals surface area contributed by atoms with Gasteiger partial charge in [-0.05, 0) is 100 Å². The van der Waals surface area contributed by atoms with E-state index >= 15 is 0 Å². The van der Waals surface area contributed by atoms with Gasteiger partial charge >= 0.3 is 29.8 Å². The molecule has 0 bridgehead atoms. The van der Waals surface area contributed by atoms with Gasteiger partial charge in [-0.15, -0.1) is 0 Å². The van der Waals surface area contributed by atoms with E-state index in [1.807, 2.05) is 84.9 Å². The van der Waals surface area contributed by atoms with Crippen molar-refractivity contribution in [3.05, 3.63) is 119 Å². The fourth-order valence-corrected chi connectivity index (χ4v) is 7.56. The summed E-state index contributed by atoms with van der Waals surface area (Å²) in [7, 11) is 1.50. The second kappa shape index (κ2) is 21.6. The summed E-state index contributed by atoms with van der Waals surface area (Å²) in [6.45, 7) is 12.0. The molecule has 2 unspecified atom stereocenters. The lowest BCUT2D eigenvalue weighted by Gasteiger charge is -2.23. The molecule has 0 saturated carbocycles. The van der Waals surface area contributed by atoms with Gasteiger partial charge in [-0.2, -0.15) is 0 Å². The first-order valence-corrected chi connectivity index (χ1v) is 20.7. The Morgan fingerprint density at radius 1 is 0.516 bits per heavy atom. The summed E-state index contributed by atoms with van der Waals surface area (Å²) in [6, 6.07) is 32.2. The molecular formula is C50H59NO11. The number of aliphatic carboxylic acids is 1. The number of carbonyl (C=O) groups excluding carboxylic acids is 5. The molecule has 6 rings (SSSR count). The number of fused-ring (bicyclic) bond motifs is 6. The molecule has 4 aromatic rings. The van der Waals surface area contributed by atoms with Gasteiger partial charge in [-0.25, -0.2) is 0 Å². The van der Waals surface area contributed by atoms with E-state index in [1.54, 1.807) is 41.5 Å². The van der Waals surface area contributed by atoms with Gasteiger partial charge in [0.15, 0.2) is 0 Å². The van der Waals surface area contributed by atoms with Crippen molar-refractivity contribution in [3.63, 3.8) is 0 Å². The van der Waals surface area contributed by atoms with Crippen LogP contribution in [0.5, 0.6) is 0 Å². The highest BCUT2D eigenvalue weighted by atomic mass is 16.6. The van der Waals surface area contributed by atoms with E-state index in [0.29, 0.717) is 0 Å². The molecule has 4 aromatic carbocycles. The molecule has 62 heavy (non-hydrogen) atoms. The molecule has 0 spiro atoms. The molecule has 330 valence electrons. The second-order valence-corrected chi connectivity index (χ2v) is 17.2. The van der Waals surface area contributed by atoms with E-state index in [9.17, 15) is 28.8 Å². The van der Waals surface area contributed by atoms with Gasteiger partial charge in [-0.3, -0.25) is 24.0 Å². The first-order valence-electron chi connectivity index (χ1n) is 20.7. The number of esters is 4. The first kappa shape index (κ1) is 48.5. The summed E-state index contributed by atoms with van der Waals surface area (Å²) in [5.74, 6) is -5.79. The predicted molar refractivity (Wildman–Crippen MR) is 235 cm³/mol. The number of rotatable bonds is 14. The summed E-state index contributed by atoms with van der Waals surface area (Å²) in [4.78, 5) is 72.5. The lowest BCUT2D eigenvalue weighted by atomic mass is 9.97. The topological polar surface area (TPSA) is 186 Å². The number of hydrogen-bond acceptors (Lipinski definition) is 11. The zero-order valence-electron chi connectivity index (χ0n) is 36.9. The lowest BCUT2D eigenvalue weighted by molar-refractivity contribution is -0.166. The van der Waals surface area contributed by atoms with Gasteiger partial charge in [0.25, 0.3) is 0 Å². The average molecular weight is 850 g/mol. The molecule has 12 nitrogen and oxygen atoms in total. The molecule has 0 heterocycles. The molecule has 2 aliphatic carbocycles. The number of hydrogen-bond donors (Lipinski definition) is 2. The minimum absolute atomic E-state index is 0.0426. The summed E-state index contributed by atoms with van der Waals surface area (Å²) in [5, 5.41) is 9.11. The van der Waals surface area contributed by atoms with Crippen LogP contribution in [0.2, 0.25) is 0 Å². The molecule has 0 aliphatic heterocycles. The van der Waals surface area contributed by atoms with Gasteiger partial charge in [0.2, 0.25) is 0 Å². The highest BCUT2D eigenvalue weighted by Gasteiger charge is 2.34. The van der Waals surface area contributed by atoms with E-state index in [4.69, 9.17) is 24.1 Å². The summed E-state index contributed by atoms with van der Waals surface area (Å²) in [6.07, 6.45) is -1.04. The quantitative estimate of drug-likeness (QED) is 0.0913. The number of carbonyl (C=O) groups is 6. The van der Waals surface area contributed by atoms with Crippen molar-refractivity contribution in [2.24, 2.45) is 17.6 Å². The molecule has 0 amide bonds. The Bertz CT molecular complexity index is 1980. The Hall–Kier alpha value is -6.14. The van der Waals surface area contributed by atoms with Gasteiger partial charge in [0.1, 0.15) is 30.2 Å². The van der Waals surface area contributed by atoms with Crippen LogP contribution < -0.4 is 5.73 Å². The van der Waals surface area contributed by atoms with Gasteiger partial charge in [0, 0.05) is 18.3 Å². The highest BCUT2D eigenvalue weighted by molar-refractivity contribution is 5.87. The van der Waals surface area contributed by atoms with Crippen LogP contribution in [0.1, 0.15) is 108 Å². The Labute approximate surface area is 364 Å². The summed E-state index contributed by atoms with van der Waals surface area (Å²) >= 11 is 0. The second-order valence-electron chi connectivity index (χ2n) is 17.2. The van der Waals surface area contributed by atoms with Crippen LogP contribution in [0.25, 0.3) is 22.3 Å². The molecule has 2 aliphatic rings. The van der Waals surface area contributed by atoms with Gasteiger partial charge in [-0.1, -0.05) is 97.1 Å². The summed E-state index contributed by atoms with van der Waals surface area (Å²) < 4.78 is 21.7. The van der Waals surface area contributed by atoms with Crippen molar-refractivity contribution in [1.82, 2.24) is 0 Å². The van der Waals surface area contributed by atoms with Crippen LogP contribution >= 0.6 is 0 Å². The van der Waals surface area contributed by atoms with E-state index in [1.165, 1.54) is 14.0 Å². The van der Waals surface area contributed by atoms with Crippen molar-refractivity contribution in [2.75, 3.05) is 20.3 Å². The van der Waals surface area contributed by atoms with E-state index in [-0.39, 0.29) is 50.1 Å². The molecule has 12 heteroatoms. The van der Waals surface area contributed by atoms with Crippen molar-refractivity contribution >= 4 is 35.6 Å². The van der Waals surface area contributed by atoms with Gasteiger partial charge < -0.3 is 34.6 Å². The number of ketones is 1. The van der Waals surface area contributed by atoms with Crippen molar-refractivity contribution in [3.8, 4) is 22.3 Å². The molecule has 0 radical (unpaired) electrons. The third kappa shape index (κ3) is 13.4. The maximum atomic E-state index is 12.5. The minimum Gasteiger partial charge on any atom is -0.481 e. The first-order chi connectivity index (χ1) is 29.3.